The Balaban J connectivity index is 1.51. The fraction of sp³-hybridized carbons (Fsp3) is 0.167. The van der Waals surface area contributed by atoms with Crippen LogP contribution in [0.25, 0.3) is 6.08 Å². The number of fused-ring (bicyclic) bond motifs is 1. The van der Waals surface area contributed by atoms with Crippen LogP contribution in [0.4, 0.5) is 0 Å². The molecule has 4 aromatic rings. The van der Waals surface area contributed by atoms with Crippen LogP contribution in [0.3, 0.4) is 0 Å². The molecule has 38 heavy (non-hydrogen) atoms. The number of ether oxygens (including phenoxy) is 3. The van der Waals surface area contributed by atoms with Gasteiger partial charge in [0.1, 0.15) is 18.1 Å². The van der Waals surface area contributed by atoms with Crippen LogP contribution in [0, 0.1) is 0 Å². The molecule has 7 nitrogen and oxygen atoms in total. The summed E-state index contributed by atoms with van der Waals surface area (Å²) in [6.07, 6.45) is 1.83. The van der Waals surface area contributed by atoms with Gasteiger partial charge >= 0.3 is 5.97 Å². The van der Waals surface area contributed by atoms with Crippen LogP contribution in [0.1, 0.15) is 29.7 Å². The topological polar surface area (TPSA) is 79.1 Å². The number of hydrogen-bond acceptors (Lipinski definition) is 7. The van der Waals surface area contributed by atoms with Crippen LogP contribution >= 0.6 is 11.3 Å². The molecule has 0 radical (unpaired) electrons. The lowest BCUT2D eigenvalue weighted by atomic mass is 9.96. The lowest BCUT2D eigenvalue weighted by Crippen LogP contribution is -2.39. The van der Waals surface area contributed by atoms with E-state index in [0.29, 0.717) is 33.0 Å². The summed E-state index contributed by atoms with van der Waals surface area (Å²) in [7, 11) is 2.91. The van der Waals surface area contributed by atoms with E-state index in [1.165, 1.54) is 18.4 Å². The average Bonchev–Trinajstić information content (AvgIpc) is 3.26. The lowest BCUT2D eigenvalue weighted by Gasteiger charge is -2.24. The van der Waals surface area contributed by atoms with Crippen molar-refractivity contribution in [3.63, 3.8) is 0 Å². The Labute approximate surface area is 223 Å². The zero-order chi connectivity index (χ0) is 26.6. The van der Waals surface area contributed by atoms with Crippen LogP contribution < -0.4 is 24.4 Å². The van der Waals surface area contributed by atoms with Gasteiger partial charge in [-0.25, -0.2) is 9.79 Å². The van der Waals surface area contributed by atoms with Crippen molar-refractivity contribution >= 4 is 23.4 Å². The van der Waals surface area contributed by atoms with Gasteiger partial charge in [0.25, 0.3) is 5.56 Å². The third kappa shape index (κ3) is 5.03. The van der Waals surface area contributed by atoms with Gasteiger partial charge in [0.05, 0.1) is 36.1 Å². The minimum absolute atomic E-state index is 0.229. The molecule has 1 aliphatic heterocycles. The number of benzene rings is 3. The van der Waals surface area contributed by atoms with Crippen molar-refractivity contribution in [3.8, 4) is 11.5 Å². The van der Waals surface area contributed by atoms with E-state index in [1.54, 1.807) is 30.7 Å². The molecule has 1 aromatic heterocycles. The fourth-order valence-corrected chi connectivity index (χ4v) is 5.39. The Kier molecular flexibility index (Phi) is 7.24. The second kappa shape index (κ2) is 10.9. The van der Waals surface area contributed by atoms with E-state index < -0.39 is 12.0 Å². The number of esters is 1. The SMILES string of the molecule is COC(=O)C1=C(C)N=c2s/c(=C\c3ccc(OCc4ccccc4)cc3)c(=O)n2C1c1ccc(OC)cc1. The molecule has 1 unspecified atom stereocenters. The molecule has 0 spiro atoms. The van der Waals surface area contributed by atoms with Crippen LogP contribution in [0.15, 0.2) is 99.9 Å². The largest absolute Gasteiger partial charge is 0.497 e. The van der Waals surface area contributed by atoms with Crippen molar-refractivity contribution < 1.29 is 19.0 Å². The van der Waals surface area contributed by atoms with Gasteiger partial charge in [-0.05, 0) is 54.0 Å². The summed E-state index contributed by atoms with van der Waals surface area (Å²) in [6.45, 7) is 2.24. The third-order valence-electron chi connectivity index (χ3n) is 6.28. The molecule has 1 atom stereocenters. The van der Waals surface area contributed by atoms with Crippen LogP contribution in [0.2, 0.25) is 0 Å². The zero-order valence-electron chi connectivity index (χ0n) is 21.2. The molecule has 0 bridgehead atoms. The van der Waals surface area contributed by atoms with Gasteiger partial charge in [-0.15, -0.1) is 0 Å². The number of carbonyl (C=O) groups excluding carboxylic acids is 1. The van der Waals surface area contributed by atoms with Crippen molar-refractivity contribution in [2.75, 3.05) is 14.2 Å². The molecule has 192 valence electrons. The van der Waals surface area contributed by atoms with Crippen molar-refractivity contribution in [1.29, 1.82) is 0 Å². The molecule has 0 saturated heterocycles. The second-order valence-electron chi connectivity index (χ2n) is 8.69. The van der Waals surface area contributed by atoms with E-state index >= 15 is 0 Å². The normalized spacial score (nSPS) is 15.0. The third-order valence-corrected chi connectivity index (χ3v) is 7.27. The van der Waals surface area contributed by atoms with Gasteiger partial charge in [-0.2, -0.15) is 0 Å². The Morgan fingerprint density at radius 2 is 1.66 bits per heavy atom. The minimum atomic E-state index is -0.666. The Morgan fingerprint density at radius 3 is 2.32 bits per heavy atom. The van der Waals surface area contributed by atoms with Crippen molar-refractivity contribution in [2.24, 2.45) is 4.99 Å². The summed E-state index contributed by atoms with van der Waals surface area (Å²) in [4.78, 5) is 31.6. The summed E-state index contributed by atoms with van der Waals surface area (Å²) in [5.74, 6) is 0.899. The molecule has 0 aliphatic carbocycles. The highest BCUT2D eigenvalue weighted by Crippen LogP contribution is 2.31. The number of methoxy groups -OCH3 is 2. The average molecular weight is 527 g/mol. The highest BCUT2D eigenvalue weighted by atomic mass is 32.1. The molecule has 0 amide bonds. The molecular weight excluding hydrogens is 500 g/mol. The Morgan fingerprint density at radius 1 is 0.974 bits per heavy atom. The first-order chi connectivity index (χ1) is 18.5. The smallest absolute Gasteiger partial charge is 0.338 e. The van der Waals surface area contributed by atoms with E-state index in [2.05, 4.69) is 4.99 Å². The summed E-state index contributed by atoms with van der Waals surface area (Å²) >= 11 is 1.29. The first kappa shape index (κ1) is 25.2. The second-order valence-corrected chi connectivity index (χ2v) is 9.70. The molecule has 5 rings (SSSR count). The van der Waals surface area contributed by atoms with Crippen LogP contribution in [-0.4, -0.2) is 24.8 Å². The molecule has 3 aromatic carbocycles. The molecular formula is C30H26N2O5S. The van der Waals surface area contributed by atoms with Crippen molar-refractivity contribution in [3.05, 3.63) is 127 Å². The van der Waals surface area contributed by atoms with Crippen molar-refractivity contribution in [2.45, 2.75) is 19.6 Å². The molecule has 0 saturated carbocycles. The quantitative estimate of drug-likeness (QED) is 0.340. The zero-order valence-corrected chi connectivity index (χ0v) is 22.0. The molecule has 1 aliphatic rings. The first-order valence-electron chi connectivity index (χ1n) is 12.0. The van der Waals surface area contributed by atoms with E-state index in [9.17, 15) is 9.59 Å². The first-order valence-corrected chi connectivity index (χ1v) is 12.8. The predicted molar refractivity (Wildman–Crippen MR) is 146 cm³/mol. The number of rotatable bonds is 7. The van der Waals surface area contributed by atoms with Crippen LogP contribution in [-0.2, 0) is 16.1 Å². The fourth-order valence-electron chi connectivity index (χ4n) is 4.35. The standard InChI is InChI=1S/C30H26N2O5S/c1-19-26(29(34)36-3)27(22-11-15-23(35-2)16-12-22)32-28(33)25(38-30(32)31-19)17-20-9-13-24(14-10-20)37-18-21-7-5-4-6-8-21/h4-17,27H,18H2,1-3H3/b25-17-. The summed E-state index contributed by atoms with van der Waals surface area (Å²) in [5, 5.41) is 0. The maximum atomic E-state index is 13.7. The number of thiazole rings is 1. The van der Waals surface area contributed by atoms with Gasteiger partial charge in [-0.1, -0.05) is 65.9 Å². The summed E-state index contributed by atoms with van der Waals surface area (Å²) < 4.78 is 18.3. The highest BCUT2D eigenvalue weighted by molar-refractivity contribution is 7.07. The maximum absolute atomic E-state index is 13.7. The monoisotopic (exact) mass is 526 g/mol. The number of nitrogens with zero attached hydrogens (tertiary/aromatic N) is 2. The van der Waals surface area contributed by atoms with E-state index in [4.69, 9.17) is 14.2 Å². The predicted octanol–water partition coefficient (Wildman–Crippen LogP) is 4.00. The van der Waals surface area contributed by atoms with Crippen LogP contribution in [0.5, 0.6) is 11.5 Å². The van der Waals surface area contributed by atoms with E-state index in [-0.39, 0.29) is 5.56 Å². The maximum Gasteiger partial charge on any atom is 0.338 e. The molecule has 0 fully saturated rings. The number of allylic oxidation sites excluding steroid dienone is 1. The van der Waals surface area contributed by atoms with Gasteiger partial charge in [-0.3, -0.25) is 9.36 Å². The van der Waals surface area contributed by atoms with Gasteiger partial charge < -0.3 is 14.2 Å². The van der Waals surface area contributed by atoms with Gasteiger partial charge in [0, 0.05) is 0 Å². The number of hydrogen-bond donors (Lipinski definition) is 0. The molecule has 8 heteroatoms. The van der Waals surface area contributed by atoms with Crippen molar-refractivity contribution in [1.82, 2.24) is 4.57 Å². The highest BCUT2D eigenvalue weighted by Gasteiger charge is 2.33. The number of aromatic nitrogens is 1. The van der Waals surface area contributed by atoms with Gasteiger partial charge in [0.15, 0.2) is 4.80 Å². The Bertz CT molecular complexity index is 1670. The molecule has 2 heterocycles. The summed E-state index contributed by atoms with van der Waals surface area (Å²) in [6, 6.07) is 24.2. The van der Waals surface area contributed by atoms with Gasteiger partial charge in [0.2, 0.25) is 0 Å². The van der Waals surface area contributed by atoms with E-state index in [1.807, 2.05) is 72.8 Å². The number of carbonyl (C=O) groups is 1. The van der Waals surface area contributed by atoms with E-state index in [0.717, 1.165) is 22.4 Å². The Hall–Kier alpha value is -4.43. The lowest BCUT2D eigenvalue weighted by molar-refractivity contribution is -0.136. The minimum Gasteiger partial charge on any atom is -0.497 e. The summed E-state index contributed by atoms with van der Waals surface area (Å²) in [5.41, 5.74) is 3.32. The molecule has 0 N–H and O–H groups in total.